The first kappa shape index (κ1) is 20.2. The summed E-state index contributed by atoms with van der Waals surface area (Å²) < 4.78 is 29.8. The molecule has 0 radical (unpaired) electrons. The van der Waals surface area contributed by atoms with E-state index in [1.165, 1.54) is 11.3 Å². The van der Waals surface area contributed by atoms with Crippen molar-refractivity contribution in [3.8, 4) is 0 Å². The maximum absolute atomic E-state index is 13.1. The molecule has 6 nitrogen and oxygen atoms in total. The molecule has 1 aliphatic rings. The fraction of sp³-hybridized carbons (Fsp3) is 0.250. The van der Waals surface area contributed by atoms with E-state index in [9.17, 15) is 13.2 Å². The number of para-hydroxylation sites is 1. The molecule has 0 spiro atoms. The molecule has 1 saturated heterocycles. The lowest BCUT2D eigenvalue weighted by Gasteiger charge is -2.23. The minimum Gasteiger partial charge on any atom is -0.368 e. The summed E-state index contributed by atoms with van der Waals surface area (Å²) >= 11 is 7.42. The number of carbonyl (C=O) groups excluding carboxylic acids is 1. The fourth-order valence-corrected chi connectivity index (χ4v) is 6.45. The normalized spacial score (nSPS) is 17.6. The van der Waals surface area contributed by atoms with Crippen molar-refractivity contribution in [2.75, 3.05) is 11.3 Å². The molecule has 3 aromatic rings. The van der Waals surface area contributed by atoms with Gasteiger partial charge in [0.2, 0.25) is 5.91 Å². The van der Waals surface area contributed by atoms with Gasteiger partial charge in [0.25, 0.3) is 10.0 Å². The van der Waals surface area contributed by atoms with Crippen LogP contribution in [-0.2, 0) is 21.4 Å². The molecule has 0 saturated carbocycles. The van der Waals surface area contributed by atoms with Crippen molar-refractivity contribution < 1.29 is 13.2 Å². The van der Waals surface area contributed by atoms with Gasteiger partial charge in [-0.25, -0.2) is 8.42 Å². The molecule has 1 aliphatic heterocycles. The van der Waals surface area contributed by atoms with Crippen LogP contribution in [0.4, 0.5) is 5.69 Å². The van der Waals surface area contributed by atoms with Gasteiger partial charge in [-0.15, -0.1) is 11.3 Å². The van der Waals surface area contributed by atoms with Crippen LogP contribution in [0.15, 0.2) is 52.7 Å². The van der Waals surface area contributed by atoms with Crippen molar-refractivity contribution in [3.63, 3.8) is 0 Å². The first-order valence-electron chi connectivity index (χ1n) is 9.16. The summed E-state index contributed by atoms with van der Waals surface area (Å²) in [5, 5.41) is 2.70. The second-order valence-corrected chi connectivity index (χ2v) is 10.0. The number of sulfonamides is 1. The Morgan fingerprint density at radius 1 is 1.28 bits per heavy atom. The second kappa shape index (κ2) is 7.95. The molecule has 1 aromatic heterocycles. The maximum Gasteiger partial charge on any atom is 0.263 e. The molecule has 2 aromatic carbocycles. The zero-order valence-corrected chi connectivity index (χ0v) is 17.9. The molecular weight excluding hydrogens is 430 g/mol. The van der Waals surface area contributed by atoms with Gasteiger partial charge in [-0.05, 0) is 49.2 Å². The van der Waals surface area contributed by atoms with Gasteiger partial charge < -0.3 is 5.73 Å². The van der Waals surface area contributed by atoms with Crippen molar-refractivity contribution in [1.29, 1.82) is 0 Å². The van der Waals surface area contributed by atoms with E-state index in [1.807, 2.05) is 23.1 Å². The van der Waals surface area contributed by atoms with Gasteiger partial charge in [-0.3, -0.25) is 14.4 Å². The van der Waals surface area contributed by atoms with Gasteiger partial charge in [-0.1, -0.05) is 29.8 Å². The Morgan fingerprint density at radius 3 is 2.86 bits per heavy atom. The Kier molecular flexibility index (Phi) is 5.52. The first-order valence-corrected chi connectivity index (χ1v) is 11.9. The molecular formula is C20H20ClN3O3S2. The third kappa shape index (κ3) is 4.11. The number of amides is 1. The lowest BCUT2D eigenvalue weighted by Crippen LogP contribution is -2.39. The summed E-state index contributed by atoms with van der Waals surface area (Å²) in [6, 6.07) is 12.1. The average molecular weight is 450 g/mol. The van der Waals surface area contributed by atoms with Gasteiger partial charge in [0.05, 0.1) is 11.7 Å². The lowest BCUT2D eigenvalue weighted by molar-refractivity contribution is -0.122. The molecule has 0 aliphatic carbocycles. The molecule has 1 amide bonds. The van der Waals surface area contributed by atoms with Crippen molar-refractivity contribution in [2.45, 2.75) is 30.3 Å². The zero-order chi connectivity index (χ0) is 20.6. The van der Waals surface area contributed by atoms with Crippen molar-refractivity contribution in [1.82, 2.24) is 4.90 Å². The van der Waals surface area contributed by atoms with Gasteiger partial charge in [-0.2, -0.15) is 0 Å². The summed E-state index contributed by atoms with van der Waals surface area (Å²) in [5.41, 5.74) is 6.79. The molecule has 1 fully saturated rings. The highest BCUT2D eigenvalue weighted by molar-refractivity contribution is 7.93. The minimum absolute atomic E-state index is 0.200. The number of nitrogens with zero attached hydrogens (tertiary/aromatic N) is 1. The van der Waals surface area contributed by atoms with E-state index in [0.717, 1.165) is 29.6 Å². The molecule has 3 N–H and O–H groups in total. The van der Waals surface area contributed by atoms with Crippen molar-refractivity contribution in [3.05, 3.63) is 58.4 Å². The van der Waals surface area contributed by atoms with Crippen molar-refractivity contribution >= 4 is 54.6 Å². The van der Waals surface area contributed by atoms with Crippen LogP contribution >= 0.6 is 22.9 Å². The number of rotatable bonds is 6. The monoisotopic (exact) mass is 449 g/mol. The lowest BCUT2D eigenvalue weighted by atomic mass is 10.1. The first-order chi connectivity index (χ1) is 13.8. The Bertz CT molecular complexity index is 1180. The van der Waals surface area contributed by atoms with Crippen LogP contribution in [0.5, 0.6) is 0 Å². The van der Waals surface area contributed by atoms with E-state index in [4.69, 9.17) is 17.3 Å². The Balaban J connectivity index is 1.64. The van der Waals surface area contributed by atoms with E-state index in [0.29, 0.717) is 22.6 Å². The number of anilines is 1. The number of carbonyl (C=O) groups is 1. The van der Waals surface area contributed by atoms with Crippen molar-refractivity contribution in [2.24, 2.45) is 5.73 Å². The number of hydrogen-bond donors (Lipinski definition) is 2. The standard InChI is InChI=1S/C20H20ClN3O3S2/c21-14-7-8-18-15(10-14)19(12-28-18)29(26,27)23-16-5-2-1-4-13(16)11-24-9-3-6-17(24)20(22)25/h1-2,4-5,7-8,10,12,17,23H,3,6,9,11H2,(H2,22,25). The van der Waals surface area contributed by atoms with E-state index < -0.39 is 10.0 Å². The van der Waals surface area contributed by atoms with Gasteiger partial charge >= 0.3 is 0 Å². The number of primary amides is 1. The molecule has 1 atom stereocenters. The Hall–Kier alpha value is -2.13. The highest BCUT2D eigenvalue weighted by Crippen LogP contribution is 2.33. The largest absolute Gasteiger partial charge is 0.368 e. The predicted octanol–water partition coefficient (Wildman–Crippen LogP) is 3.81. The maximum atomic E-state index is 13.1. The molecule has 4 rings (SSSR count). The molecule has 152 valence electrons. The molecule has 0 bridgehead atoms. The van der Waals surface area contributed by atoms with Crippen LogP contribution in [0.3, 0.4) is 0 Å². The topological polar surface area (TPSA) is 92.5 Å². The average Bonchev–Trinajstić information content (AvgIpc) is 3.30. The van der Waals surface area contributed by atoms with Crippen LogP contribution < -0.4 is 10.5 Å². The summed E-state index contributed by atoms with van der Waals surface area (Å²) in [5.74, 6) is -0.345. The van der Waals surface area contributed by atoms with Gasteiger partial charge in [0, 0.05) is 27.0 Å². The van der Waals surface area contributed by atoms with Crippen LogP contribution in [0.1, 0.15) is 18.4 Å². The number of benzene rings is 2. The van der Waals surface area contributed by atoms with Crippen LogP contribution in [0.25, 0.3) is 10.1 Å². The fourth-order valence-electron chi connectivity index (χ4n) is 3.70. The molecule has 9 heteroatoms. The van der Waals surface area contributed by atoms with E-state index >= 15 is 0 Å². The minimum atomic E-state index is -3.81. The number of thiophene rings is 1. The van der Waals surface area contributed by atoms with Gasteiger partial charge in [0.15, 0.2) is 0 Å². The van der Waals surface area contributed by atoms with Crippen LogP contribution in [0.2, 0.25) is 5.02 Å². The highest BCUT2D eigenvalue weighted by Gasteiger charge is 2.29. The summed E-state index contributed by atoms with van der Waals surface area (Å²) in [7, 11) is -3.81. The number of hydrogen-bond acceptors (Lipinski definition) is 5. The Labute approximate surface area is 178 Å². The van der Waals surface area contributed by atoms with E-state index in [-0.39, 0.29) is 16.8 Å². The quantitative estimate of drug-likeness (QED) is 0.598. The SMILES string of the molecule is NC(=O)C1CCCN1Cc1ccccc1NS(=O)(=O)c1csc2ccc(Cl)cc12. The zero-order valence-electron chi connectivity index (χ0n) is 15.5. The Morgan fingerprint density at radius 2 is 2.07 bits per heavy atom. The van der Waals surface area contributed by atoms with Crippen LogP contribution in [-0.4, -0.2) is 31.8 Å². The number of fused-ring (bicyclic) bond motifs is 1. The van der Waals surface area contributed by atoms with Crippen LogP contribution in [0, 0.1) is 0 Å². The molecule has 29 heavy (non-hydrogen) atoms. The summed E-state index contributed by atoms with van der Waals surface area (Å²) in [4.78, 5) is 13.9. The number of nitrogens with one attached hydrogen (secondary N) is 1. The molecule has 1 unspecified atom stereocenters. The van der Waals surface area contributed by atoms with E-state index in [2.05, 4.69) is 4.72 Å². The van der Waals surface area contributed by atoms with Gasteiger partial charge in [0.1, 0.15) is 4.90 Å². The summed E-state index contributed by atoms with van der Waals surface area (Å²) in [6.07, 6.45) is 1.62. The smallest absolute Gasteiger partial charge is 0.263 e. The second-order valence-electron chi connectivity index (χ2n) is 7.03. The predicted molar refractivity (Wildman–Crippen MR) is 117 cm³/mol. The number of nitrogens with two attached hydrogens (primary N) is 1. The summed E-state index contributed by atoms with van der Waals surface area (Å²) in [6.45, 7) is 1.20. The number of halogens is 1. The number of likely N-dealkylation sites (tertiary alicyclic amines) is 1. The molecule has 2 heterocycles. The van der Waals surface area contributed by atoms with E-state index in [1.54, 1.807) is 29.6 Å². The third-order valence-electron chi connectivity index (χ3n) is 5.12. The highest BCUT2D eigenvalue weighted by atomic mass is 35.5. The third-order valence-corrected chi connectivity index (χ3v) is 7.87.